The Morgan fingerprint density at radius 3 is 2.09 bits per heavy atom. The molecule has 0 spiro atoms. The average Bonchev–Trinajstić information content (AvgIpc) is 2.84. The van der Waals surface area contributed by atoms with Gasteiger partial charge in [0.25, 0.3) is 0 Å². The maximum Gasteiger partial charge on any atom is 0.435 e. The van der Waals surface area contributed by atoms with Gasteiger partial charge in [-0.25, -0.2) is 4.79 Å². The molecule has 2 fully saturated rings. The van der Waals surface area contributed by atoms with Crippen LogP contribution < -0.4 is 16.0 Å². The van der Waals surface area contributed by atoms with E-state index in [0.29, 0.717) is 18.4 Å². The number of aliphatic imine (C=N–C) groups is 1. The number of amides is 2. The van der Waals surface area contributed by atoms with E-state index in [4.69, 9.17) is 10.5 Å². The molecule has 3 N–H and O–H groups in total. The van der Waals surface area contributed by atoms with E-state index in [1.165, 1.54) is 14.2 Å². The topological polar surface area (TPSA) is 123 Å². The first-order chi connectivity index (χ1) is 15.4. The van der Waals surface area contributed by atoms with Crippen LogP contribution in [0.2, 0.25) is 0 Å². The lowest BCUT2D eigenvalue weighted by Gasteiger charge is -2.35. The second-order valence-electron chi connectivity index (χ2n) is 8.36. The number of methoxy groups -OCH3 is 2. The predicted octanol–water partition coefficient (Wildman–Crippen LogP) is 2.22. The van der Waals surface area contributed by atoms with Gasteiger partial charge in [0.15, 0.2) is 0 Å². The minimum absolute atomic E-state index is 0.0152. The van der Waals surface area contributed by atoms with Crippen molar-refractivity contribution < 1.29 is 23.9 Å². The highest BCUT2D eigenvalue weighted by atomic mass is 16.5. The third kappa shape index (κ3) is 5.99. The molecule has 1 aromatic carbocycles. The number of hydrogen-bond acceptors (Lipinski definition) is 6. The molecule has 9 heteroatoms. The summed E-state index contributed by atoms with van der Waals surface area (Å²) in [5, 5.41) is 3.21. The molecule has 0 bridgehead atoms. The van der Waals surface area contributed by atoms with Gasteiger partial charge in [0, 0.05) is 36.3 Å². The molecule has 1 aliphatic heterocycles. The number of rotatable bonds is 5. The molecule has 32 heavy (non-hydrogen) atoms. The van der Waals surface area contributed by atoms with Gasteiger partial charge in [0.2, 0.25) is 5.91 Å². The highest BCUT2D eigenvalue weighted by Gasteiger charge is 2.31. The number of nitrogens with one attached hydrogen (secondary N) is 1. The summed E-state index contributed by atoms with van der Waals surface area (Å²) in [6.07, 6.45) is 3.92. The van der Waals surface area contributed by atoms with Crippen LogP contribution in [0.3, 0.4) is 0 Å². The molecule has 1 heterocycles. The molecule has 1 aliphatic carbocycles. The molecule has 1 aromatic rings. The Bertz CT molecular complexity index is 838. The van der Waals surface area contributed by atoms with E-state index in [9.17, 15) is 14.4 Å². The fraction of sp³-hybridized carbons (Fsp3) is 0.565. The van der Waals surface area contributed by atoms with E-state index in [-0.39, 0.29) is 35.6 Å². The minimum atomic E-state index is -0.729. The average molecular weight is 445 g/mol. The highest BCUT2D eigenvalue weighted by molar-refractivity contribution is 6.02. The summed E-state index contributed by atoms with van der Waals surface area (Å²) in [6.45, 7) is 1.68. The van der Waals surface area contributed by atoms with Crippen LogP contribution in [0.4, 0.5) is 10.5 Å². The molecule has 2 amide bonds. The first-order valence-corrected chi connectivity index (χ1v) is 11.1. The molecule has 0 unspecified atom stereocenters. The zero-order chi connectivity index (χ0) is 23.1. The van der Waals surface area contributed by atoms with E-state index in [1.807, 2.05) is 24.3 Å². The Hall–Kier alpha value is -3.10. The van der Waals surface area contributed by atoms with Crippen molar-refractivity contribution in [3.8, 4) is 0 Å². The van der Waals surface area contributed by atoms with Crippen molar-refractivity contribution in [2.45, 2.75) is 44.6 Å². The van der Waals surface area contributed by atoms with Gasteiger partial charge in [-0.3, -0.25) is 9.59 Å². The lowest BCUT2D eigenvalue weighted by atomic mass is 9.81. The van der Waals surface area contributed by atoms with E-state index in [0.717, 1.165) is 44.5 Å². The maximum absolute atomic E-state index is 12.7. The molecule has 0 atom stereocenters. The summed E-state index contributed by atoms with van der Waals surface area (Å²) in [5.41, 5.74) is 7.54. The van der Waals surface area contributed by atoms with Gasteiger partial charge >= 0.3 is 12.1 Å². The largest absolute Gasteiger partial charge is 0.469 e. The number of nitrogens with two attached hydrogens (primary N) is 1. The Kier molecular flexibility index (Phi) is 8.08. The SMILES string of the molecule is COC(=O)N=C(N)c1ccc(N2CCC(NC(=O)C3CCC(C(=O)OC)CC3)CC2)cc1. The normalized spacial score (nSPS) is 22.2. The van der Waals surface area contributed by atoms with Crippen LogP contribution in [0, 0.1) is 11.8 Å². The molecule has 1 saturated carbocycles. The van der Waals surface area contributed by atoms with Gasteiger partial charge < -0.3 is 25.4 Å². The van der Waals surface area contributed by atoms with E-state index in [1.54, 1.807) is 0 Å². The van der Waals surface area contributed by atoms with E-state index < -0.39 is 6.09 Å². The van der Waals surface area contributed by atoms with Crippen molar-refractivity contribution >= 4 is 29.5 Å². The molecular formula is C23H32N4O5. The van der Waals surface area contributed by atoms with Crippen LogP contribution in [0.15, 0.2) is 29.3 Å². The van der Waals surface area contributed by atoms with Gasteiger partial charge in [0.05, 0.1) is 20.1 Å². The van der Waals surface area contributed by atoms with Gasteiger partial charge in [-0.15, -0.1) is 0 Å². The maximum atomic E-state index is 12.7. The highest BCUT2D eigenvalue weighted by Crippen LogP contribution is 2.30. The Labute approximate surface area is 188 Å². The van der Waals surface area contributed by atoms with Gasteiger partial charge in [-0.1, -0.05) is 0 Å². The molecule has 2 aliphatic rings. The Balaban J connectivity index is 1.45. The number of carbonyl (C=O) groups is 3. The van der Waals surface area contributed by atoms with E-state index >= 15 is 0 Å². The molecule has 1 saturated heterocycles. The molecule has 9 nitrogen and oxygen atoms in total. The summed E-state index contributed by atoms with van der Waals surface area (Å²) < 4.78 is 9.31. The van der Waals surface area contributed by atoms with Crippen LogP contribution in [-0.4, -0.2) is 57.2 Å². The molecular weight excluding hydrogens is 412 g/mol. The quantitative estimate of drug-likeness (QED) is 0.405. The van der Waals surface area contributed by atoms with Crippen LogP contribution in [0.5, 0.6) is 0 Å². The summed E-state index contributed by atoms with van der Waals surface area (Å²) in [4.78, 5) is 41.5. The fourth-order valence-corrected chi connectivity index (χ4v) is 4.41. The van der Waals surface area contributed by atoms with Crippen LogP contribution >= 0.6 is 0 Å². The third-order valence-corrected chi connectivity index (χ3v) is 6.39. The fourth-order valence-electron chi connectivity index (χ4n) is 4.41. The van der Waals surface area contributed by atoms with Gasteiger partial charge in [0.1, 0.15) is 5.84 Å². The van der Waals surface area contributed by atoms with Crippen molar-refractivity contribution in [2.24, 2.45) is 22.6 Å². The van der Waals surface area contributed by atoms with Crippen LogP contribution in [-0.2, 0) is 19.1 Å². The summed E-state index contributed by atoms with van der Waals surface area (Å²) >= 11 is 0. The lowest BCUT2D eigenvalue weighted by Crippen LogP contribution is -2.47. The number of ether oxygens (including phenoxy) is 2. The standard InChI is InChI=1S/C23H32N4O5/c1-31-22(29)17-5-3-16(4-6-17)21(28)25-18-11-13-27(14-12-18)19-9-7-15(8-10-19)20(24)26-23(30)32-2/h7-10,16-18H,3-6,11-14H2,1-2H3,(H,25,28)(H2,24,26,30). The Morgan fingerprint density at radius 1 is 0.938 bits per heavy atom. The Morgan fingerprint density at radius 2 is 1.53 bits per heavy atom. The van der Waals surface area contributed by atoms with Crippen molar-refractivity contribution in [3.63, 3.8) is 0 Å². The minimum Gasteiger partial charge on any atom is -0.469 e. The summed E-state index contributed by atoms with van der Waals surface area (Å²) in [5.74, 6) is -0.0241. The zero-order valence-corrected chi connectivity index (χ0v) is 18.7. The number of anilines is 1. The van der Waals surface area contributed by atoms with Crippen molar-refractivity contribution in [2.75, 3.05) is 32.2 Å². The lowest BCUT2D eigenvalue weighted by molar-refractivity contribution is -0.147. The number of amidine groups is 1. The third-order valence-electron chi connectivity index (χ3n) is 6.39. The number of piperidine rings is 1. The predicted molar refractivity (Wildman–Crippen MR) is 120 cm³/mol. The monoisotopic (exact) mass is 444 g/mol. The van der Waals surface area contributed by atoms with Crippen molar-refractivity contribution in [1.82, 2.24) is 5.32 Å². The molecule has 0 radical (unpaired) electrons. The first-order valence-electron chi connectivity index (χ1n) is 11.1. The smallest absolute Gasteiger partial charge is 0.435 e. The van der Waals surface area contributed by atoms with Crippen LogP contribution in [0.25, 0.3) is 0 Å². The first kappa shape index (κ1) is 23.6. The van der Waals surface area contributed by atoms with Gasteiger partial charge in [-0.2, -0.15) is 4.99 Å². The van der Waals surface area contributed by atoms with Crippen LogP contribution in [0.1, 0.15) is 44.1 Å². The van der Waals surface area contributed by atoms with E-state index in [2.05, 4.69) is 19.9 Å². The van der Waals surface area contributed by atoms with Crippen molar-refractivity contribution in [3.05, 3.63) is 29.8 Å². The number of carbonyl (C=O) groups excluding carboxylic acids is 3. The molecule has 174 valence electrons. The number of esters is 1. The van der Waals surface area contributed by atoms with Gasteiger partial charge in [-0.05, 0) is 62.8 Å². The second-order valence-corrected chi connectivity index (χ2v) is 8.36. The molecule has 0 aromatic heterocycles. The number of hydrogen-bond donors (Lipinski definition) is 2. The summed E-state index contributed by atoms with van der Waals surface area (Å²) in [7, 11) is 2.67. The molecule has 3 rings (SSSR count). The zero-order valence-electron chi connectivity index (χ0n) is 18.7. The summed E-state index contributed by atoms with van der Waals surface area (Å²) in [6, 6.07) is 7.73. The number of nitrogens with zero attached hydrogens (tertiary/aromatic N) is 2. The van der Waals surface area contributed by atoms with Crippen molar-refractivity contribution in [1.29, 1.82) is 0 Å². The number of benzene rings is 1. The second kappa shape index (κ2) is 11.0.